The first-order valence-electron chi connectivity index (χ1n) is 15.2. The van der Waals surface area contributed by atoms with E-state index in [1.54, 1.807) is 16.8 Å². The van der Waals surface area contributed by atoms with E-state index in [0.29, 0.717) is 19.3 Å². The molecule has 0 bridgehead atoms. The van der Waals surface area contributed by atoms with Gasteiger partial charge in [0.15, 0.2) is 8.32 Å². The normalized spacial score (nSPS) is 14.3. The van der Waals surface area contributed by atoms with Gasteiger partial charge >= 0.3 is 12.2 Å². The van der Waals surface area contributed by atoms with Crippen molar-refractivity contribution in [2.24, 2.45) is 0 Å². The number of hydrogen-bond acceptors (Lipinski definition) is 7. The van der Waals surface area contributed by atoms with Crippen LogP contribution in [0.15, 0.2) is 72.4 Å². The van der Waals surface area contributed by atoms with Gasteiger partial charge < -0.3 is 24.5 Å². The van der Waals surface area contributed by atoms with Gasteiger partial charge in [0, 0.05) is 11.1 Å². The molecule has 0 saturated heterocycles. The van der Waals surface area contributed by atoms with E-state index in [-0.39, 0.29) is 11.6 Å². The first kappa shape index (κ1) is 35.3. The smallest absolute Gasteiger partial charge is 0.407 e. The summed E-state index contributed by atoms with van der Waals surface area (Å²) in [4.78, 5) is 32.0. The summed E-state index contributed by atoms with van der Waals surface area (Å²) < 4.78 is 18.5. The molecule has 0 radical (unpaired) electrons. The number of thiazole rings is 1. The lowest BCUT2D eigenvalue weighted by Crippen LogP contribution is -2.60. The molecule has 2 aromatic carbocycles. The predicted molar refractivity (Wildman–Crippen MR) is 179 cm³/mol. The third-order valence-corrected chi connectivity index (χ3v) is 13.0. The summed E-state index contributed by atoms with van der Waals surface area (Å²) in [5.41, 5.74) is 3.05. The van der Waals surface area contributed by atoms with Crippen LogP contribution in [0.2, 0.25) is 18.1 Å². The number of aryl methyl sites for hydroxylation is 1. The van der Waals surface area contributed by atoms with Crippen molar-refractivity contribution in [3.63, 3.8) is 0 Å². The number of rotatable bonds is 13. The summed E-state index contributed by atoms with van der Waals surface area (Å²) in [6.07, 6.45) is 1.91. The fourth-order valence-electron chi connectivity index (χ4n) is 4.44. The maximum absolute atomic E-state index is 13.3. The molecular weight excluding hydrogens is 591 g/mol. The second kappa shape index (κ2) is 15.7. The standard InChI is InChI=1S/C34H49N3O5SSi/c1-33(2,3)41-32(39)37-29(21-25-15-11-9-12-16-25)30(42-44(7,8)34(4,5)6)28(20-19-27-22-35-24-43-27)36-31(38)40-23-26-17-13-10-14-18-26/h9-18,22,24,28-30H,19-21,23H2,1-8H3,(H,36,38)(H,37,39)/t28-,29-,30-/m0/s1. The Balaban J connectivity index is 2.00. The van der Waals surface area contributed by atoms with Gasteiger partial charge in [0.1, 0.15) is 12.2 Å². The minimum Gasteiger partial charge on any atom is -0.445 e. The fourth-order valence-corrected chi connectivity index (χ4v) is 6.41. The van der Waals surface area contributed by atoms with Crippen LogP contribution in [0.3, 0.4) is 0 Å². The van der Waals surface area contributed by atoms with Crippen molar-refractivity contribution < 1.29 is 23.5 Å². The molecule has 2 amide bonds. The maximum Gasteiger partial charge on any atom is 0.407 e. The van der Waals surface area contributed by atoms with Crippen LogP contribution >= 0.6 is 11.3 Å². The highest BCUT2D eigenvalue weighted by molar-refractivity contribution is 7.09. The number of nitrogens with zero attached hydrogens (tertiary/aromatic N) is 1. The van der Waals surface area contributed by atoms with Crippen LogP contribution in [-0.4, -0.2) is 49.3 Å². The number of hydrogen-bond donors (Lipinski definition) is 2. The molecule has 10 heteroatoms. The van der Waals surface area contributed by atoms with E-state index in [1.807, 2.05) is 87.6 Å². The molecule has 0 saturated carbocycles. The van der Waals surface area contributed by atoms with Crippen molar-refractivity contribution in [2.45, 2.75) is 109 Å². The van der Waals surface area contributed by atoms with E-state index >= 15 is 0 Å². The summed E-state index contributed by atoms with van der Waals surface area (Å²) in [7, 11) is -2.42. The minimum atomic E-state index is -2.42. The average Bonchev–Trinajstić information content (AvgIpc) is 3.46. The van der Waals surface area contributed by atoms with Gasteiger partial charge in [0.25, 0.3) is 0 Å². The molecule has 44 heavy (non-hydrogen) atoms. The zero-order valence-corrected chi connectivity index (χ0v) is 29.2. The SMILES string of the molecule is CC(C)(C)OC(=O)N[C@@H](Cc1ccccc1)[C@@H](O[Si](C)(C)C(C)(C)C)[C@H](CCc1cncs1)NC(=O)OCc1ccccc1. The molecule has 2 N–H and O–H groups in total. The predicted octanol–water partition coefficient (Wildman–Crippen LogP) is 7.90. The summed E-state index contributed by atoms with van der Waals surface area (Å²) in [6, 6.07) is 18.5. The Morgan fingerprint density at radius 3 is 2.00 bits per heavy atom. The Hall–Kier alpha value is -3.21. The van der Waals surface area contributed by atoms with E-state index in [1.165, 1.54) is 0 Å². The lowest BCUT2D eigenvalue weighted by molar-refractivity contribution is 0.0380. The Morgan fingerprint density at radius 2 is 1.45 bits per heavy atom. The molecule has 0 unspecified atom stereocenters. The van der Waals surface area contributed by atoms with Crippen molar-refractivity contribution in [1.29, 1.82) is 0 Å². The number of carbonyl (C=O) groups excluding carboxylic acids is 2. The van der Waals surface area contributed by atoms with Crippen molar-refractivity contribution >= 4 is 31.8 Å². The zero-order valence-electron chi connectivity index (χ0n) is 27.4. The fraction of sp³-hybridized carbons (Fsp3) is 0.500. The molecular formula is C34H49N3O5SSi. The van der Waals surface area contributed by atoms with Crippen LogP contribution in [0, 0.1) is 0 Å². The lowest BCUT2D eigenvalue weighted by Gasteiger charge is -2.44. The van der Waals surface area contributed by atoms with Crippen LogP contribution in [0.25, 0.3) is 0 Å². The Morgan fingerprint density at radius 1 is 0.864 bits per heavy atom. The van der Waals surface area contributed by atoms with Gasteiger partial charge in [0.05, 0.1) is 23.7 Å². The molecule has 8 nitrogen and oxygen atoms in total. The topological polar surface area (TPSA) is 98.8 Å². The van der Waals surface area contributed by atoms with E-state index in [9.17, 15) is 9.59 Å². The van der Waals surface area contributed by atoms with E-state index < -0.39 is 44.3 Å². The second-order valence-corrected chi connectivity index (χ2v) is 19.3. The van der Waals surface area contributed by atoms with Gasteiger partial charge in [-0.25, -0.2) is 9.59 Å². The number of aromatic nitrogens is 1. The molecule has 0 aliphatic rings. The van der Waals surface area contributed by atoms with Crippen LogP contribution in [0.5, 0.6) is 0 Å². The molecule has 0 aliphatic carbocycles. The van der Waals surface area contributed by atoms with Crippen LogP contribution in [0.4, 0.5) is 9.59 Å². The minimum absolute atomic E-state index is 0.121. The molecule has 0 aliphatic heterocycles. The van der Waals surface area contributed by atoms with Gasteiger partial charge in [-0.1, -0.05) is 81.4 Å². The number of nitrogens with one attached hydrogen (secondary N) is 2. The summed E-state index contributed by atoms with van der Waals surface area (Å²) >= 11 is 1.57. The Bertz CT molecular complexity index is 1290. The van der Waals surface area contributed by atoms with Gasteiger partial charge in [-0.15, -0.1) is 11.3 Å². The second-order valence-electron chi connectivity index (χ2n) is 13.6. The molecule has 240 valence electrons. The highest BCUT2D eigenvalue weighted by Crippen LogP contribution is 2.38. The van der Waals surface area contributed by atoms with Gasteiger partial charge in [-0.2, -0.15) is 0 Å². The van der Waals surface area contributed by atoms with Crippen LogP contribution < -0.4 is 10.6 Å². The molecule has 0 spiro atoms. The quantitative estimate of drug-likeness (QED) is 0.185. The summed E-state index contributed by atoms with van der Waals surface area (Å²) in [5, 5.41) is 6.15. The lowest BCUT2D eigenvalue weighted by atomic mass is 9.93. The van der Waals surface area contributed by atoms with Crippen LogP contribution in [0.1, 0.15) is 64.0 Å². The molecule has 0 fully saturated rings. The van der Waals surface area contributed by atoms with E-state index in [2.05, 4.69) is 49.5 Å². The third kappa shape index (κ3) is 11.7. The third-order valence-electron chi connectivity index (χ3n) is 7.73. The van der Waals surface area contributed by atoms with Crippen molar-refractivity contribution in [3.8, 4) is 0 Å². The molecule has 3 aromatic rings. The molecule has 1 aromatic heterocycles. The summed E-state index contributed by atoms with van der Waals surface area (Å²) in [6.45, 7) is 16.6. The highest BCUT2D eigenvalue weighted by Gasteiger charge is 2.44. The highest BCUT2D eigenvalue weighted by atomic mass is 32.1. The van der Waals surface area contributed by atoms with Crippen molar-refractivity contribution in [3.05, 3.63) is 88.4 Å². The van der Waals surface area contributed by atoms with Crippen molar-refractivity contribution in [2.75, 3.05) is 0 Å². The molecule has 1 heterocycles. The van der Waals surface area contributed by atoms with Gasteiger partial charge in [0.2, 0.25) is 0 Å². The van der Waals surface area contributed by atoms with Gasteiger partial charge in [-0.3, -0.25) is 4.98 Å². The maximum atomic E-state index is 13.3. The van der Waals surface area contributed by atoms with E-state index in [4.69, 9.17) is 13.9 Å². The zero-order chi connectivity index (χ0) is 32.4. The largest absolute Gasteiger partial charge is 0.445 e. The van der Waals surface area contributed by atoms with Gasteiger partial charge in [-0.05, 0) is 69.3 Å². The number of benzene rings is 2. The number of alkyl carbamates (subject to hydrolysis) is 2. The number of ether oxygens (including phenoxy) is 2. The Kier molecular flexibility index (Phi) is 12.6. The average molecular weight is 640 g/mol. The monoisotopic (exact) mass is 639 g/mol. The van der Waals surface area contributed by atoms with Crippen molar-refractivity contribution in [1.82, 2.24) is 15.6 Å². The molecule has 3 atom stereocenters. The first-order chi connectivity index (χ1) is 20.6. The van der Waals surface area contributed by atoms with E-state index in [0.717, 1.165) is 16.0 Å². The van der Waals surface area contributed by atoms with Crippen LogP contribution in [-0.2, 0) is 33.3 Å². The Labute approximate surface area is 268 Å². The molecule has 3 rings (SSSR count). The number of carbonyl (C=O) groups is 2. The summed E-state index contributed by atoms with van der Waals surface area (Å²) in [5.74, 6) is 0. The first-order valence-corrected chi connectivity index (χ1v) is 19.0. The number of amides is 2.